The lowest BCUT2D eigenvalue weighted by Gasteiger charge is -2.10. The fourth-order valence-corrected chi connectivity index (χ4v) is 3.10. The van der Waals surface area contributed by atoms with E-state index in [9.17, 15) is 8.42 Å². The van der Waals surface area contributed by atoms with Crippen LogP contribution in [0, 0.1) is 6.92 Å². The topological polar surface area (TPSA) is 89.2 Å². The Bertz CT molecular complexity index is 948. The van der Waals surface area contributed by atoms with Crippen LogP contribution in [0.25, 0.3) is 0 Å². The molecule has 24 heavy (non-hydrogen) atoms. The molecule has 0 aliphatic heterocycles. The highest BCUT2D eigenvalue weighted by Gasteiger charge is 2.15. The summed E-state index contributed by atoms with van der Waals surface area (Å²) in [7, 11) is -3.67. The van der Waals surface area contributed by atoms with Crippen LogP contribution in [0.1, 0.15) is 11.1 Å². The summed E-state index contributed by atoms with van der Waals surface area (Å²) >= 11 is 0. The zero-order valence-electron chi connectivity index (χ0n) is 12.9. The van der Waals surface area contributed by atoms with Gasteiger partial charge in [-0.15, -0.1) is 10.2 Å². The quantitative estimate of drug-likeness (QED) is 0.721. The van der Waals surface area contributed by atoms with Gasteiger partial charge >= 0.3 is 0 Å². The van der Waals surface area contributed by atoms with Crippen molar-refractivity contribution in [3.05, 3.63) is 72.3 Å². The third-order valence-electron chi connectivity index (χ3n) is 3.27. The molecule has 1 heterocycles. The van der Waals surface area contributed by atoms with Crippen molar-refractivity contribution in [1.82, 2.24) is 14.9 Å². The van der Waals surface area contributed by atoms with E-state index in [1.165, 1.54) is 23.5 Å². The van der Waals surface area contributed by atoms with Crippen LogP contribution in [-0.4, -0.2) is 29.5 Å². The minimum absolute atomic E-state index is 0.207. The van der Waals surface area contributed by atoms with Gasteiger partial charge in [-0.25, -0.2) is 13.1 Å². The lowest BCUT2D eigenvalue weighted by molar-refractivity contribution is 0.601. The number of benzene rings is 2. The maximum Gasteiger partial charge on any atom is 0.261 e. The van der Waals surface area contributed by atoms with Crippen LogP contribution in [0.5, 0.6) is 0 Å². The lowest BCUT2D eigenvalue weighted by atomic mass is 10.2. The van der Waals surface area contributed by atoms with E-state index in [1.54, 1.807) is 48.5 Å². The Hall–Kier alpha value is -3.00. The van der Waals surface area contributed by atoms with Crippen molar-refractivity contribution in [2.24, 2.45) is 5.10 Å². The predicted molar refractivity (Wildman–Crippen MR) is 91.4 cm³/mol. The Kier molecular flexibility index (Phi) is 4.39. The first kappa shape index (κ1) is 15.9. The zero-order chi connectivity index (χ0) is 17.0. The zero-order valence-corrected chi connectivity index (χ0v) is 13.7. The van der Waals surface area contributed by atoms with E-state index in [0.29, 0.717) is 11.3 Å². The van der Waals surface area contributed by atoms with Crippen molar-refractivity contribution in [1.29, 1.82) is 0 Å². The van der Waals surface area contributed by atoms with Crippen LogP contribution in [0.3, 0.4) is 0 Å². The lowest BCUT2D eigenvalue weighted by Crippen LogP contribution is -2.14. The number of hydrogen-bond acceptors (Lipinski definition) is 5. The number of aryl methyl sites for hydroxylation is 1. The second-order valence-electron chi connectivity index (χ2n) is 5.09. The van der Waals surface area contributed by atoms with Gasteiger partial charge in [0, 0.05) is 5.56 Å². The molecule has 3 rings (SSSR count). The first-order chi connectivity index (χ1) is 11.5. The van der Waals surface area contributed by atoms with E-state index in [2.05, 4.69) is 20.0 Å². The van der Waals surface area contributed by atoms with E-state index in [4.69, 9.17) is 0 Å². The molecular weight excluding hydrogens is 326 g/mol. The molecule has 0 aliphatic rings. The van der Waals surface area contributed by atoms with E-state index in [-0.39, 0.29) is 4.90 Å². The number of rotatable bonds is 5. The van der Waals surface area contributed by atoms with Crippen molar-refractivity contribution in [2.45, 2.75) is 11.8 Å². The SMILES string of the molecule is Cc1ccc(S(=O)(=O)Nc2ccccc2/C=N/n2cnnc2)cc1. The van der Waals surface area contributed by atoms with Crippen LogP contribution in [0.2, 0.25) is 0 Å². The summed E-state index contributed by atoms with van der Waals surface area (Å²) in [6.07, 6.45) is 4.42. The van der Waals surface area contributed by atoms with Crippen molar-refractivity contribution in [2.75, 3.05) is 4.72 Å². The van der Waals surface area contributed by atoms with Gasteiger partial charge in [0.1, 0.15) is 12.7 Å². The second kappa shape index (κ2) is 6.63. The normalized spacial score (nSPS) is 11.7. The first-order valence-corrected chi connectivity index (χ1v) is 8.60. The number of para-hydroxylation sites is 1. The maximum atomic E-state index is 12.5. The minimum Gasteiger partial charge on any atom is -0.279 e. The average Bonchev–Trinajstić information content (AvgIpc) is 3.07. The largest absolute Gasteiger partial charge is 0.279 e. The van der Waals surface area contributed by atoms with Gasteiger partial charge in [0.2, 0.25) is 0 Å². The molecule has 0 saturated heterocycles. The third kappa shape index (κ3) is 3.66. The fourth-order valence-electron chi connectivity index (χ4n) is 2.01. The van der Waals surface area contributed by atoms with Gasteiger partial charge in [0.05, 0.1) is 16.8 Å². The number of nitrogens with zero attached hydrogens (tertiary/aromatic N) is 4. The Balaban J connectivity index is 1.88. The van der Waals surface area contributed by atoms with E-state index >= 15 is 0 Å². The molecule has 3 aromatic rings. The monoisotopic (exact) mass is 341 g/mol. The van der Waals surface area contributed by atoms with Crippen LogP contribution in [-0.2, 0) is 10.0 Å². The summed E-state index contributed by atoms with van der Waals surface area (Å²) < 4.78 is 29.0. The molecule has 0 amide bonds. The molecule has 0 fully saturated rings. The molecule has 8 heteroatoms. The fraction of sp³-hybridized carbons (Fsp3) is 0.0625. The number of sulfonamides is 1. The molecular formula is C16H15N5O2S. The average molecular weight is 341 g/mol. The second-order valence-corrected chi connectivity index (χ2v) is 6.77. The summed E-state index contributed by atoms with van der Waals surface area (Å²) in [6.45, 7) is 1.90. The molecule has 0 aliphatic carbocycles. The van der Waals surface area contributed by atoms with Crippen molar-refractivity contribution < 1.29 is 8.42 Å². The van der Waals surface area contributed by atoms with Gasteiger partial charge in [-0.3, -0.25) is 4.72 Å². The molecule has 0 unspecified atom stereocenters. The molecule has 1 aromatic heterocycles. The molecule has 0 atom stereocenters. The molecule has 122 valence electrons. The van der Waals surface area contributed by atoms with Gasteiger partial charge in [-0.05, 0) is 25.1 Å². The number of aromatic nitrogens is 3. The molecule has 1 N–H and O–H groups in total. The minimum atomic E-state index is -3.67. The molecule has 0 radical (unpaired) electrons. The van der Waals surface area contributed by atoms with Gasteiger partial charge < -0.3 is 0 Å². The Labute approximate surface area is 139 Å². The Morgan fingerprint density at radius 1 is 1.04 bits per heavy atom. The number of anilines is 1. The van der Waals surface area contributed by atoms with Gasteiger partial charge in [0.15, 0.2) is 0 Å². The summed E-state index contributed by atoms with van der Waals surface area (Å²) in [5.41, 5.74) is 2.06. The molecule has 0 spiro atoms. The first-order valence-electron chi connectivity index (χ1n) is 7.12. The predicted octanol–water partition coefficient (Wildman–Crippen LogP) is 2.27. The molecule has 0 saturated carbocycles. The van der Waals surface area contributed by atoms with Crippen LogP contribution < -0.4 is 4.72 Å². The standard InChI is InChI=1S/C16H15N5O2S/c1-13-6-8-15(9-7-13)24(22,23)20-16-5-3-2-4-14(16)10-19-21-11-17-18-12-21/h2-12,20H,1H3/b19-10+. The van der Waals surface area contributed by atoms with E-state index in [0.717, 1.165) is 5.56 Å². The maximum absolute atomic E-state index is 12.5. The van der Waals surface area contributed by atoms with Gasteiger partial charge in [0.25, 0.3) is 10.0 Å². The number of nitrogens with one attached hydrogen (secondary N) is 1. The summed E-state index contributed by atoms with van der Waals surface area (Å²) in [6, 6.07) is 13.7. The third-order valence-corrected chi connectivity index (χ3v) is 4.65. The Morgan fingerprint density at radius 3 is 2.42 bits per heavy atom. The van der Waals surface area contributed by atoms with Gasteiger partial charge in [-0.1, -0.05) is 35.9 Å². The summed E-state index contributed by atoms with van der Waals surface area (Å²) in [5.74, 6) is 0. The summed E-state index contributed by atoms with van der Waals surface area (Å²) in [4.78, 5) is 0.207. The molecule has 0 bridgehead atoms. The highest BCUT2D eigenvalue weighted by Crippen LogP contribution is 2.19. The van der Waals surface area contributed by atoms with E-state index in [1.807, 2.05) is 6.92 Å². The molecule has 2 aromatic carbocycles. The van der Waals surface area contributed by atoms with Crippen LogP contribution in [0.4, 0.5) is 5.69 Å². The summed E-state index contributed by atoms with van der Waals surface area (Å²) in [5, 5.41) is 11.4. The highest BCUT2D eigenvalue weighted by atomic mass is 32.2. The highest BCUT2D eigenvalue weighted by molar-refractivity contribution is 7.92. The van der Waals surface area contributed by atoms with Gasteiger partial charge in [-0.2, -0.15) is 5.10 Å². The number of hydrogen-bond donors (Lipinski definition) is 1. The van der Waals surface area contributed by atoms with Crippen LogP contribution >= 0.6 is 0 Å². The molecule has 7 nitrogen and oxygen atoms in total. The van der Waals surface area contributed by atoms with Crippen molar-refractivity contribution in [3.63, 3.8) is 0 Å². The van der Waals surface area contributed by atoms with Crippen molar-refractivity contribution >= 4 is 21.9 Å². The van der Waals surface area contributed by atoms with E-state index < -0.39 is 10.0 Å². The smallest absolute Gasteiger partial charge is 0.261 e. The Morgan fingerprint density at radius 2 is 1.71 bits per heavy atom. The van der Waals surface area contributed by atoms with Crippen molar-refractivity contribution in [3.8, 4) is 0 Å². The van der Waals surface area contributed by atoms with Crippen LogP contribution in [0.15, 0.2) is 71.2 Å².